The summed E-state index contributed by atoms with van der Waals surface area (Å²) in [5.41, 5.74) is 2.72. The molecular formula is C14H21NO2S. The molecule has 1 aromatic carbocycles. The maximum atomic E-state index is 10.9. The highest BCUT2D eigenvalue weighted by Crippen LogP contribution is 2.39. The summed E-state index contributed by atoms with van der Waals surface area (Å²) in [6.07, 6.45) is 4.63. The van der Waals surface area contributed by atoms with E-state index in [4.69, 9.17) is 0 Å². The minimum atomic E-state index is -2.82. The fourth-order valence-electron chi connectivity index (χ4n) is 2.02. The average Bonchev–Trinajstić information content (AvgIpc) is 3.12. The maximum absolute atomic E-state index is 10.9. The van der Waals surface area contributed by atoms with Crippen molar-refractivity contribution in [3.8, 4) is 0 Å². The first-order chi connectivity index (χ1) is 8.54. The lowest BCUT2D eigenvalue weighted by molar-refractivity contribution is 0.594. The molecule has 1 aliphatic carbocycles. The number of hydrogen-bond donors (Lipinski definition) is 1. The second kappa shape index (κ2) is 5.85. The smallest absolute Gasteiger partial charge is 0.147 e. The summed E-state index contributed by atoms with van der Waals surface area (Å²) < 4.78 is 21.9. The molecule has 0 aliphatic heterocycles. The van der Waals surface area contributed by atoms with Gasteiger partial charge in [-0.25, -0.2) is 8.42 Å². The Labute approximate surface area is 110 Å². The lowest BCUT2D eigenvalue weighted by atomic mass is 10.1. The molecule has 2 rings (SSSR count). The van der Waals surface area contributed by atoms with Crippen molar-refractivity contribution in [1.29, 1.82) is 0 Å². The van der Waals surface area contributed by atoms with Crippen LogP contribution in [0.4, 0.5) is 0 Å². The van der Waals surface area contributed by atoms with Crippen LogP contribution in [0.15, 0.2) is 24.3 Å². The molecule has 0 amide bonds. The highest BCUT2D eigenvalue weighted by Gasteiger charge is 2.22. The molecule has 4 heteroatoms. The highest BCUT2D eigenvalue weighted by molar-refractivity contribution is 7.90. The van der Waals surface area contributed by atoms with Gasteiger partial charge in [-0.05, 0) is 42.9 Å². The van der Waals surface area contributed by atoms with Gasteiger partial charge in [-0.1, -0.05) is 24.3 Å². The van der Waals surface area contributed by atoms with Crippen LogP contribution >= 0.6 is 0 Å². The minimum Gasteiger partial charge on any atom is -0.313 e. The number of sulfone groups is 1. The van der Waals surface area contributed by atoms with E-state index < -0.39 is 9.84 Å². The zero-order valence-electron chi connectivity index (χ0n) is 10.9. The first-order valence-corrected chi connectivity index (χ1v) is 8.58. The summed E-state index contributed by atoms with van der Waals surface area (Å²) in [4.78, 5) is 0. The summed E-state index contributed by atoms with van der Waals surface area (Å²) in [6, 6.07) is 8.75. The summed E-state index contributed by atoms with van der Waals surface area (Å²) in [7, 11) is -2.82. The summed E-state index contributed by atoms with van der Waals surface area (Å²) in [5.74, 6) is 1.07. The van der Waals surface area contributed by atoms with Crippen LogP contribution < -0.4 is 5.32 Å². The van der Waals surface area contributed by atoms with E-state index in [2.05, 4.69) is 29.6 Å². The van der Waals surface area contributed by atoms with E-state index in [1.54, 1.807) is 0 Å². The Morgan fingerprint density at radius 2 is 1.89 bits per heavy atom. The van der Waals surface area contributed by atoms with Gasteiger partial charge < -0.3 is 5.32 Å². The molecule has 18 heavy (non-hydrogen) atoms. The molecule has 1 saturated carbocycles. The second-order valence-electron chi connectivity index (χ2n) is 5.18. The predicted molar refractivity (Wildman–Crippen MR) is 74.5 cm³/mol. The summed E-state index contributed by atoms with van der Waals surface area (Å²) in [5, 5.41) is 3.27. The minimum absolute atomic E-state index is 0.265. The Morgan fingerprint density at radius 3 is 2.44 bits per heavy atom. The molecule has 3 nitrogen and oxygen atoms in total. The topological polar surface area (TPSA) is 46.2 Å². The first kappa shape index (κ1) is 13.6. The highest BCUT2D eigenvalue weighted by atomic mass is 32.2. The SMILES string of the molecule is CS(=O)(=O)CCCNCc1ccc(C2CC2)cc1. The molecule has 0 atom stereocenters. The average molecular weight is 267 g/mol. The van der Waals surface area contributed by atoms with Crippen molar-refractivity contribution in [2.45, 2.75) is 31.7 Å². The fourth-order valence-corrected chi connectivity index (χ4v) is 2.69. The second-order valence-corrected chi connectivity index (χ2v) is 7.44. The quantitative estimate of drug-likeness (QED) is 0.769. The van der Waals surface area contributed by atoms with Gasteiger partial charge >= 0.3 is 0 Å². The Balaban J connectivity index is 1.67. The monoisotopic (exact) mass is 267 g/mol. The van der Waals surface area contributed by atoms with Crippen LogP contribution in [0, 0.1) is 0 Å². The molecule has 0 unspecified atom stereocenters. The van der Waals surface area contributed by atoms with Gasteiger partial charge in [0.25, 0.3) is 0 Å². The molecular weight excluding hydrogens is 246 g/mol. The first-order valence-electron chi connectivity index (χ1n) is 6.52. The molecule has 0 aromatic heterocycles. The molecule has 1 aromatic rings. The van der Waals surface area contributed by atoms with E-state index in [0.29, 0.717) is 6.42 Å². The van der Waals surface area contributed by atoms with Crippen molar-refractivity contribution in [2.24, 2.45) is 0 Å². The lowest BCUT2D eigenvalue weighted by Gasteiger charge is -2.05. The molecule has 1 fully saturated rings. The maximum Gasteiger partial charge on any atom is 0.147 e. The fraction of sp³-hybridized carbons (Fsp3) is 0.571. The predicted octanol–water partition coefficient (Wildman–Crippen LogP) is 2.09. The van der Waals surface area contributed by atoms with Crippen LogP contribution in [0.2, 0.25) is 0 Å². The molecule has 0 radical (unpaired) electrons. The third-order valence-corrected chi connectivity index (χ3v) is 4.26. The van der Waals surface area contributed by atoms with Crippen molar-refractivity contribution in [3.63, 3.8) is 0 Å². The van der Waals surface area contributed by atoms with Crippen LogP contribution in [-0.2, 0) is 16.4 Å². The van der Waals surface area contributed by atoms with Crippen LogP contribution in [0.5, 0.6) is 0 Å². The Bertz CT molecular complexity index is 475. The number of benzene rings is 1. The lowest BCUT2D eigenvalue weighted by Crippen LogP contribution is -2.17. The van der Waals surface area contributed by atoms with E-state index in [0.717, 1.165) is 19.0 Å². The van der Waals surface area contributed by atoms with Crippen molar-refractivity contribution in [3.05, 3.63) is 35.4 Å². The van der Waals surface area contributed by atoms with Gasteiger partial charge in [0.05, 0.1) is 5.75 Å². The van der Waals surface area contributed by atoms with Crippen molar-refractivity contribution >= 4 is 9.84 Å². The summed E-state index contributed by atoms with van der Waals surface area (Å²) in [6.45, 7) is 1.56. The number of rotatable bonds is 7. The standard InChI is InChI=1S/C14H21NO2S/c1-18(16,17)10-2-9-15-11-12-3-5-13(6-4-12)14-7-8-14/h3-6,14-15H,2,7-11H2,1H3. The van der Waals surface area contributed by atoms with Gasteiger partial charge in [0.1, 0.15) is 9.84 Å². The van der Waals surface area contributed by atoms with Gasteiger partial charge in [-0.3, -0.25) is 0 Å². The number of hydrogen-bond acceptors (Lipinski definition) is 3. The van der Waals surface area contributed by atoms with Crippen LogP contribution in [0.25, 0.3) is 0 Å². The van der Waals surface area contributed by atoms with E-state index in [-0.39, 0.29) is 5.75 Å². The van der Waals surface area contributed by atoms with Crippen LogP contribution in [-0.4, -0.2) is 27.0 Å². The zero-order chi connectivity index (χ0) is 13.0. The van der Waals surface area contributed by atoms with E-state index in [1.165, 1.54) is 30.2 Å². The Kier molecular flexibility index (Phi) is 4.40. The van der Waals surface area contributed by atoms with Gasteiger partial charge in [-0.2, -0.15) is 0 Å². The number of nitrogens with one attached hydrogen (secondary N) is 1. The van der Waals surface area contributed by atoms with E-state index in [1.807, 2.05) is 0 Å². The van der Waals surface area contributed by atoms with Gasteiger partial charge in [0.2, 0.25) is 0 Å². The zero-order valence-corrected chi connectivity index (χ0v) is 11.7. The Hall–Kier alpha value is -0.870. The van der Waals surface area contributed by atoms with Crippen molar-refractivity contribution < 1.29 is 8.42 Å². The molecule has 0 bridgehead atoms. The van der Waals surface area contributed by atoms with Crippen molar-refractivity contribution in [1.82, 2.24) is 5.32 Å². The summed E-state index contributed by atoms with van der Waals surface area (Å²) >= 11 is 0. The van der Waals surface area contributed by atoms with Gasteiger partial charge in [0.15, 0.2) is 0 Å². The normalized spacial score (nSPS) is 15.8. The largest absolute Gasteiger partial charge is 0.313 e. The van der Waals surface area contributed by atoms with Crippen LogP contribution in [0.3, 0.4) is 0 Å². The van der Waals surface area contributed by atoms with Gasteiger partial charge in [0, 0.05) is 12.8 Å². The molecule has 0 spiro atoms. The molecule has 1 aliphatic rings. The molecule has 1 N–H and O–H groups in total. The van der Waals surface area contributed by atoms with Gasteiger partial charge in [-0.15, -0.1) is 0 Å². The van der Waals surface area contributed by atoms with Crippen molar-refractivity contribution in [2.75, 3.05) is 18.6 Å². The van der Waals surface area contributed by atoms with E-state index >= 15 is 0 Å². The Morgan fingerprint density at radius 1 is 1.22 bits per heavy atom. The molecule has 0 heterocycles. The third kappa shape index (κ3) is 4.78. The van der Waals surface area contributed by atoms with Crippen LogP contribution in [0.1, 0.15) is 36.3 Å². The third-order valence-electron chi connectivity index (χ3n) is 3.23. The van der Waals surface area contributed by atoms with E-state index in [9.17, 15) is 8.42 Å². The molecule has 100 valence electrons. The molecule has 0 saturated heterocycles.